The number of nitrogens with zero attached hydrogens (tertiary/aromatic N) is 2. The summed E-state index contributed by atoms with van der Waals surface area (Å²) in [5, 5.41) is 0. The van der Waals surface area contributed by atoms with Gasteiger partial charge in [0.25, 0.3) is 5.88 Å². The molecule has 0 fully saturated rings. The zero-order chi connectivity index (χ0) is 11.6. The molecule has 0 aliphatic carbocycles. The molecular formula is C7H8BrFN2O3S. The fourth-order valence-corrected chi connectivity index (χ4v) is 1.57. The molecule has 0 aliphatic rings. The smallest absolute Gasteiger partial charge is 0.307 e. The molecule has 5 nitrogen and oxygen atoms in total. The predicted molar refractivity (Wildman–Crippen MR) is 54.8 cm³/mol. The van der Waals surface area contributed by atoms with E-state index in [1.165, 1.54) is 0 Å². The van der Waals surface area contributed by atoms with Crippen molar-refractivity contribution in [2.75, 3.05) is 6.26 Å². The van der Waals surface area contributed by atoms with Crippen molar-refractivity contribution in [3.63, 3.8) is 0 Å². The molecule has 0 saturated carbocycles. The Balaban J connectivity index is 3.16. The minimum absolute atomic E-state index is 0.0450. The van der Waals surface area contributed by atoms with Crippen LogP contribution >= 0.6 is 15.9 Å². The van der Waals surface area contributed by atoms with Crippen LogP contribution in [-0.4, -0.2) is 24.6 Å². The third-order valence-electron chi connectivity index (χ3n) is 1.39. The lowest BCUT2D eigenvalue weighted by molar-refractivity contribution is 0.446. The van der Waals surface area contributed by atoms with Gasteiger partial charge in [-0.15, -0.1) is 0 Å². The van der Waals surface area contributed by atoms with E-state index in [9.17, 15) is 12.8 Å². The monoisotopic (exact) mass is 298 g/mol. The first-order valence-electron chi connectivity index (χ1n) is 3.85. The number of aromatic nitrogens is 2. The molecule has 1 aromatic heterocycles. The van der Waals surface area contributed by atoms with Crippen molar-refractivity contribution in [1.29, 1.82) is 0 Å². The van der Waals surface area contributed by atoms with Gasteiger partial charge >= 0.3 is 10.1 Å². The van der Waals surface area contributed by atoms with E-state index in [0.717, 1.165) is 12.6 Å². The molecule has 1 rings (SSSR count). The summed E-state index contributed by atoms with van der Waals surface area (Å²) in [4.78, 5) is 6.70. The maximum absolute atomic E-state index is 13.5. The molecule has 84 valence electrons. The summed E-state index contributed by atoms with van der Waals surface area (Å²) < 4.78 is 39.4. The van der Waals surface area contributed by atoms with Crippen molar-refractivity contribution in [1.82, 2.24) is 9.97 Å². The van der Waals surface area contributed by atoms with Crippen LogP contribution in [0.1, 0.15) is 17.4 Å². The molecule has 8 heteroatoms. The summed E-state index contributed by atoms with van der Waals surface area (Å²) in [6.07, 6.45) is 1.85. The second-order valence-corrected chi connectivity index (χ2v) is 5.73. The van der Waals surface area contributed by atoms with E-state index in [0.29, 0.717) is 0 Å². The Morgan fingerprint density at radius 3 is 2.60 bits per heavy atom. The minimum atomic E-state index is -3.79. The molecule has 0 aliphatic heterocycles. The van der Waals surface area contributed by atoms with Gasteiger partial charge in [-0.25, -0.2) is 4.98 Å². The number of rotatable bonds is 3. The molecule has 0 bridgehead atoms. The molecule has 15 heavy (non-hydrogen) atoms. The first-order valence-corrected chi connectivity index (χ1v) is 6.58. The molecular weight excluding hydrogens is 291 g/mol. The highest BCUT2D eigenvalue weighted by atomic mass is 79.9. The topological polar surface area (TPSA) is 69.2 Å². The number of alkyl halides is 1. The largest absolute Gasteiger partial charge is 0.358 e. The summed E-state index contributed by atoms with van der Waals surface area (Å²) in [5.74, 6) is -1.47. The molecule has 0 amide bonds. The standard InChI is InChI=1S/C7H8BrFN2O3S/c1-4(8)6-5(9)7(11-3-10-6)14-15(2,12)13/h3-4H,1-2H3/t4-/m1/s1. The van der Waals surface area contributed by atoms with Crippen molar-refractivity contribution in [2.45, 2.75) is 11.8 Å². The van der Waals surface area contributed by atoms with Crippen LogP contribution in [0.3, 0.4) is 0 Å². The lowest BCUT2D eigenvalue weighted by Crippen LogP contribution is -2.10. The van der Waals surface area contributed by atoms with E-state index in [1.807, 2.05) is 0 Å². The van der Waals surface area contributed by atoms with Gasteiger partial charge in [0, 0.05) is 0 Å². The molecule has 1 atom stereocenters. The van der Waals surface area contributed by atoms with Crippen LogP contribution in [0, 0.1) is 5.82 Å². The van der Waals surface area contributed by atoms with Gasteiger partial charge in [-0.2, -0.15) is 17.8 Å². The molecule has 0 unspecified atom stereocenters. The summed E-state index contributed by atoms with van der Waals surface area (Å²) in [6.45, 7) is 1.65. The maximum atomic E-state index is 13.5. The Bertz CT molecular complexity index is 463. The number of halogens is 2. The average molecular weight is 299 g/mol. The first kappa shape index (κ1) is 12.3. The van der Waals surface area contributed by atoms with Crippen molar-refractivity contribution in [3.05, 3.63) is 17.8 Å². The number of hydrogen-bond acceptors (Lipinski definition) is 5. The Morgan fingerprint density at radius 1 is 1.53 bits per heavy atom. The molecule has 0 aromatic carbocycles. The summed E-state index contributed by atoms with van der Waals surface area (Å²) in [7, 11) is -3.79. The summed E-state index contributed by atoms with van der Waals surface area (Å²) >= 11 is 3.11. The predicted octanol–water partition coefficient (Wildman–Crippen LogP) is 1.41. The van der Waals surface area contributed by atoms with E-state index in [1.54, 1.807) is 6.92 Å². The van der Waals surface area contributed by atoms with E-state index >= 15 is 0 Å². The highest BCUT2D eigenvalue weighted by Gasteiger charge is 2.18. The molecule has 1 heterocycles. The van der Waals surface area contributed by atoms with Gasteiger partial charge in [-0.1, -0.05) is 15.9 Å². The van der Waals surface area contributed by atoms with Crippen molar-refractivity contribution in [3.8, 4) is 5.88 Å². The Labute approximate surface area is 94.9 Å². The van der Waals surface area contributed by atoms with E-state index in [4.69, 9.17) is 0 Å². The third-order valence-corrected chi connectivity index (χ3v) is 2.29. The van der Waals surface area contributed by atoms with Crippen LogP contribution in [0.5, 0.6) is 5.88 Å². The maximum Gasteiger partial charge on any atom is 0.307 e. The first-order chi connectivity index (χ1) is 6.81. The highest BCUT2D eigenvalue weighted by molar-refractivity contribution is 9.09. The van der Waals surface area contributed by atoms with Crippen molar-refractivity contribution < 1.29 is 17.0 Å². The van der Waals surface area contributed by atoms with Gasteiger partial charge in [-0.05, 0) is 6.92 Å². The van der Waals surface area contributed by atoms with Crippen molar-refractivity contribution in [2.24, 2.45) is 0 Å². The molecule has 0 spiro atoms. The Morgan fingerprint density at radius 2 is 2.13 bits per heavy atom. The second-order valence-electron chi connectivity index (χ2n) is 2.78. The molecule has 0 N–H and O–H groups in total. The van der Waals surface area contributed by atoms with Gasteiger partial charge in [0.15, 0.2) is 0 Å². The quantitative estimate of drug-likeness (QED) is 0.623. The van der Waals surface area contributed by atoms with Crippen LogP contribution in [0.2, 0.25) is 0 Å². The normalized spacial score (nSPS) is 13.6. The van der Waals surface area contributed by atoms with E-state index in [2.05, 4.69) is 30.1 Å². The fraction of sp³-hybridized carbons (Fsp3) is 0.429. The highest BCUT2D eigenvalue weighted by Crippen LogP contribution is 2.26. The van der Waals surface area contributed by atoms with Crippen LogP contribution in [0.15, 0.2) is 6.33 Å². The molecule has 1 aromatic rings. The summed E-state index contributed by atoms with van der Waals surface area (Å²) in [5.41, 5.74) is 0.0450. The zero-order valence-electron chi connectivity index (χ0n) is 7.94. The van der Waals surface area contributed by atoms with Crippen LogP contribution in [0.4, 0.5) is 4.39 Å². The minimum Gasteiger partial charge on any atom is -0.358 e. The van der Waals surface area contributed by atoms with Crippen LogP contribution in [-0.2, 0) is 10.1 Å². The average Bonchev–Trinajstić information content (AvgIpc) is 2.05. The van der Waals surface area contributed by atoms with Crippen molar-refractivity contribution >= 4 is 26.0 Å². The van der Waals surface area contributed by atoms with Crippen LogP contribution in [0.25, 0.3) is 0 Å². The lowest BCUT2D eigenvalue weighted by Gasteiger charge is -2.07. The van der Waals surface area contributed by atoms with Gasteiger partial charge < -0.3 is 4.18 Å². The summed E-state index contributed by atoms with van der Waals surface area (Å²) in [6, 6.07) is 0. The third kappa shape index (κ3) is 3.38. The van der Waals surface area contributed by atoms with E-state index < -0.39 is 21.8 Å². The van der Waals surface area contributed by atoms with Gasteiger partial charge in [0.2, 0.25) is 5.82 Å². The van der Waals surface area contributed by atoms with E-state index in [-0.39, 0.29) is 10.5 Å². The zero-order valence-corrected chi connectivity index (χ0v) is 10.3. The van der Waals surface area contributed by atoms with Crippen LogP contribution < -0.4 is 4.18 Å². The number of hydrogen-bond donors (Lipinski definition) is 0. The van der Waals surface area contributed by atoms with Gasteiger partial charge in [0.1, 0.15) is 6.33 Å². The molecule has 0 saturated heterocycles. The Hall–Kier alpha value is -0.760. The SMILES string of the molecule is C[C@@H](Br)c1ncnc(OS(C)(=O)=O)c1F. The van der Waals surface area contributed by atoms with Gasteiger partial charge in [0.05, 0.1) is 16.8 Å². The lowest BCUT2D eigenvalue weighted by atomic mass is 10.3. The van der Waals surface area contributed by atoms with Gasteiger partial charge in [-0.3, -0.25) is 0 Å². The second kappa shape index (κ2) is 4.40. The Kier molecular flexibility index (Phi) is 3.61. The fourth-order valence-electron chi connectivity index (χ4n) is 0.845. The molecule has 0 radical (unpaired) electrons.